The second-order valence-corrected chi connectivity index (χ2v) is 5.29. The van der Waals surface area contributed by atoms with Crippen molar-refractivity contribution in [3.05, 3.63) is 50.7 Å². The molecule has 0 saturated heterocycles. The Morgan fingerprint density at radius 2 is 2.21 bits per heavy atom. The summed E-state index contributed by atoms with van der Waals surface area (Å²) in [6.07, 6.45) is 1.56. The lowest BCUT2D eigenvalue weighted by Crippen LogP contribution is -2.14. The van der Waals surface area contributed by atoms with Crippen LogP contribution in [0.1, 0.15) is 10.4 Å². The number of nitrogens with zero attached hydrogens (tertiary/aromatic N) is 1. The van der Waals surface area contributed by atoms with Gasteiger partial charge in [0.1, 0.15) is 5.56 Å². The van der Waals surface area contributed by atoms with Crippen LogP contribution in [-0.4, -0.2) is 18.0 Å². The van der Waals surface area contributed by atoms with E-state index < -0.39 is 0 Å². The van der Waals surface area contributed by atoms with Gasteiger partial charge in [0.15, 0.2) is 0 Å². The van der Waals surface area contributed by atoms with Gasteiger partial charge in [0.25, 0.3) is 5.91 Å². The number of benzene rings is 1. The van der Waals surface area contributed by atoms with Crippen molar-refractivity contribution in [1.29, 1.82) is 0 Å². The summed E-state index contributed by atoms with van der Waals surface area (Å²) in [4.78, 5) is 16.1. The first-order valence-corrected chi connectivity index (χ1v) is 6.83. The van der Waals surface area contributed by atoms with E-state index in [0.29, 0.717) is 16.3 Å². The van der Waals surface area contributed by atoms with Gasteiger partial charge in [0.2, 0.25) is 5.88 Å². The van der Waals surface area contributed by atoms with Gasteiger partial charge in [-0.1, -0.05) is 11.6 Å². The van der Waals surface area contributed by atoms with Crippen molar-refractivity contribution in [3.8, 4) is 5.88 Å². The third-order valence-corrected chi connectivity index (χ3v) is 3.37. The van der Waals surface area contributed by atoms with Crippen LogP contribution < -0.4 is 10.1 Å². The maximum atomic E-state index is 12.1. The monoisotopic (exact) mass is 388 g/mol. The highest BCUT2D eigenvalue weighted by Gasteiger charge is 2.14. The molecule has 0 fully saturated rings. The molecule has 19 heavy (non-hydrogen) atoms. The standard InChI is InChI=1S/C13H10ClIN2O2/c1-19-13-9(3-2-6-16-13)12(18)17-11-5-4-8(15)7-10(11)14/h2-7H,1H3,(H,17,18). The van der Waals surface area contributed by atoms with Crippen LogP contribution in [0.4, 0.5) is 5.69 Å². The normalized spacial score (nSPS) is 10.1. The lowest BCUT2D eigenvalue weighted by atomic mass is 10.2. The molecule has 2 rings (SSSR count). The smallest absolute Gasteiger partial charge is 0.261 e. The van der Waals surface area contributed by atoms with E-state index in [1.54, 1.807) is 30.5 Å². The molecule has 1 aromatic carbocycles. The number of carbonyl (C=O) groups excluding carboxylic acids is 1. The van der Waals surface area contributed by atoms with Gasteiger partial charge in [0, 0.05) is 9.77 Å². The second-order valence-electron chi connectivity index (χ2n) is 3.64. The Bertz CT molecular complexity index is 619. The second kappa shape index (κ2) is 6.21. The molecule has 1 N–H and O–H groups in total. The number of rotatable bonds is 3. The zero-order chi connectivity index (χ0) is 13.8. The van der Waals surface area contributed by atoms with Crippen LogP contribution in [0.25, 0.3) is 0 Å². The molecule has 0 atom stereocenters. The summed E-state index contributed by atoms with van der Waals surface area (Å²) >= 11 is 8.22. The minimum absolute atomic E-state index is 0.279. The lowest BCUT2D eigenvalue weighted by Gasteiger charge is -2.09. The average molecular weight is 389 g/mol. The van der Waals surface area contributed by atoms with E-state index in [0.717, 1.165) is 3.57 Å². The number of hydrogen-bond donors (Lipinski definition) is 1. The number of methoxy groups -OCH3 is 1. The Kier molecular flexibility index (Phi) is 4.60. The van der Waals surface area contributed by atoms with Crippen molar-refractivity contribution < 1.29 is 9.53 Å². The van der Waals surface area contributed by atoms with Gasteiger partial charge in [-0.15, -0.1) is 0 Å². The average Bonchev–Trinajstić information content (AvgIpc) is 2.41. The number of nitrogens with one attached hydrogen (secondary N) is 1. The third kappa shape index (κ3) is 3.36. The van der Waals surface area contributed by atoms with Gasteiger partial charge >= 0.3 is 0 Å². The fraction of sp³-hybridized carbons (Fsp3) is 0.0769. The van der Waals surface area contributed by atoms with Crippen molar-refractivity contribution >= 4 is 45.8 Å². The molecule has 2 aromatic rings. The molecule has 4 nitrogen and oxygen atoms in total. The SMILES string of the molecule is COc1ncccc1C(=O)Nc1ccc(I)cc1Cl. The van der Waals surface area contributed by atoms with E-state index in [1.807, 2.05) is 6.07 Å². The minimum atomic E-state index is -0.312. The maximum Gasteiger partial charge on any atom is 0.261 e. The first kappa shape index (κ1) is 14.1. The summed E-state index contributed by atoms with van der Waals surface area (Å²) in [5.74, 6) is -0.0327. The summed E-state index contributed by atoms with van der Waals surface area (Å²) in [6, 6.07) is 8.71. The van der Waals surface area contributed by atoms with E-state index in [4.69, 9.17) is 16.3 Å². The zero-order valence-electron chi connectivity index (χ0n) is 9.98. The number of anilines is 1. The van der Waals surface area contributed by atoms with Gasteiger partial charge in [-0.05, 0) is 52.9 Å². The molecule has 1 aromatic heterocycles. The Balaban J connectivity index is 2.26. The molecule has 0 radical (unpaired) electrons. The fourth-order valence-electron chi connectivity index (χ4n) is 1.51. The van der Waals surface area contributed by atoms with E-state index in [1.165, 1.54) is 7.11 Å². The largest absolute Gasteiger partial charge is 0.480 e. The Morgan fingerprint density at radius 3 is 2.89 bits per heavy atom. The van der Waals surface area contributed by atoms with Gasteiger partial charge in [-0.25, -0.2) is 4.98 Å². The molecule has 0 bridgehead atoms. The van der Waals surface area contributed by atoms with Crippen molar-refractivity contribution in [2.75, 3.05) is 12.4 Å². The van der Waals surface area contributed by atoms with Crippen LogP contribution in [0.15, 0.2) is 36.5 Å². The number of halogens is 2. The summed E-state index contributed by atoms with van der Waals surface area (Å²) < 4.78 is 6.05. The van der Waals surface area contributed by atoms with Crippen LogP contribution in [-0.2, 0) is 0 Å². The molecule has 1 heterocycles. The molecule has 0 unspecified atom stereocenters. The van der Waals surface area contributed by atoms with Crippen LogP contribution in [0.5, 0.6) is 5.88 Å². The number of pyridine rings is 1. The number of aromatic nitrogens is 1. The minimum Gasteiger partial charge on any atom is -0.480 e. The Hall–Kier alpha value is -1.34. The van der Waals surface area contributed by atoms with Crippen molar-refractivity contribution in [2.24, 2.45) is 0 Å². The molecule has 0 aliphatic rings. The van der Waals surface area contributed by atoms with Gasteiger partial charge in [0.05, 0.1) is 17.8 Å². The topological polar surface area (TPSA) is 51.2 Å². The molecule has 0 saturated carbocycles. The van der Waals surface area contributed by atoms with Gasteiger partial charge < -0.3 is 10.1 Å². The van der Waals surface area contributed by atoms with Crippen LogP contribution in [0.3, 0.4) is 0 Å². The highest BCUT2D eigenvalue weighted by Crippen LogP contribution is 2.25. The predicted octanol–water partition coefficient (Wildman–Crippen LogP) is 3.60. The van der Waals surface area contributed by atoms with E-state index in [9.17, 15) is 4.79 Å². The zero-order valence-corrected chi connectivity index (χ0v) is 12.9. The Labute approximate surface area is 129 Å². The first-order chi connectivity index (χ1) is 9.11. The maximum absolute atomic E-state index is 12.1. The van der Waals surface area contributed by atoms with Crippen molar-refractivity contribution in [2.45, 2.75) is 0 Å². The quantitative estimate of drug-likeness (QED) is 0.818. The number of hydrogen-bond acceptors (Lipinski definition) is 3. The van der Waals surface area contributed by atoms with Crippen molar-refractivity contribution in [3.63, 3.8) is 0 Å². The predicted molar refractivity (Wildman–Crippen MR) is 82.9 cm³/mol. The van der Waals surface area contributed by atoms with E-state index in [2.05, 4.69) is 32.9 Å². The summed E-state index contributed by atoms with van der Waals surface area (Å²) in [5, 5.41) is 3.22. The fourth-order valence-corrected chi connectivity index (χ4v) is 2.41. The van der Waals surface area contributed by atoms with E-state index in [-0.39, 0.29) is 11.8 Å². The molecule has 1 amide bonds. The molecule has 6 heteroatoms. The molecule has 0 aliphatic heterocycles. The highest BCUT2D eigenvalue weighted by molar-refractivity contribution is 14.1. The molecule has 0 aliphatic carbocycles. The van der Waals surface area contributed by atoms with E-state index >= 15 is 0 Å². The highest BCUT2D eigenvalue weighted by atomic mass is 127. The number of carbonyl (C=O) groups is 1. The number of amides is 1. The van der Waals surface area contributed by atoms with Crippen LogP contribution in [0.2, 0.25) is 5.02 Å². The Morgan fingerprint density at radius 1 is 1.42 bits per heavy atom. The summed E-state index contributed by atoms with van der Waals surface area (Å²) in [7, 11) is 1.47. The van der Waals surface area contributed by atoms with Crippen molar-refractivity contribution in [1.82, 2.24) is 4.98 Å². The molecule has 98 valence electrons. The van der Waals surface area contributed by atoms with Crippen LogP contribution in [0, 0.1) is 3.57 Å². The molecular formula is C13H10ClIN2O2. The molecular weight excluding hydrogens is 379 g/mol. The molecule has 0 spiro atoms. The lowest BCUT2D eigenvalue weighted by molar-refractivity contribution is 0.102. The number of ether oxygens (including phenoxy) is 1. The summed E-state index contributed by atoms with van der Waals surface area (Å²) in [6.45, 7) is 0. The first-order valence-electron chi connectivity index (χ1n) is 5.37. The summed E-state index contributed by atoms with van der Waals surface area (Å²) in [5.41, 5.74) is 0.914. The third-order valence-electron chi connectivity index (χ3n) is 2.39. The van der Waals surface area contributed by atoms with Gasteiger partial charge in [-0.2, -0.15) is 0 Å². The van der Waals surface area contributed by atoms with Crippen LogP contribution >= 0.6 is 34.2 Å². The van der Waals surface area contributed by atoms with Gasteiger partial charge in [-0.3, -0.25) is 4.79 Å².